The molecule has 1 aromatic carbocycles. The van der Waals surface area contributed by atoms with E-state index in [1.807, 2.05) is 10.8 Å². The van der Waals surface area contributed by atoms with Crippen LogP contribution in [0.1, 0.15) is 49.7 Å². The van der Waals surface area contributed by atoms with E-state index in [1.165, 1.54) is 12.1 Å². The first-order valence-electron chi connectivity index (χ1n) is 13.8. The molecule has 3 aromatic rings. The molecule has 6 nitrogen and oxygen atoms in total. The fourth-order valence-corrected chi connectivity index (χ4v) is 5.68. The minimum Gasteiger partial charge on any atom is -0.450 e. The van der Waals surface area contributed by atoms with Crippen molar-refractivity contribution in [2.75, 3.05) is 19.8 Å². The number of Topliss-reactive ketones (excluding diaryl/α,β-unsaturated/α-hetero) is 1. The van der Waals surface area contributed by atoms with Crippen LogP contribution >= 0.6 is 0 Å². The molecule has 9 heteroatoms. The lowest BCUT2D eigenvalue weighted by Gasteiger charge is -2.37. The molecule has 2 aliphatic rings. The van der Waals surface area contributed by atoms with Gasteiger partial charge in [-0.25, -0.2) is 13.8 Å². The third-order valence-corrected chi connectivity index (χ3v) is 9.28. The van der Waals surface area contributed by atoms with Crippen LogP contribution in [0.25, 0.3) is 11.0 Å². The number of pyridine rings is 1. The van der Waals surface area contributed by atoms with Crippen molar-refractivity contribution in [3.63, 3.8) is 0 Å². The molecular formula is C30H38F2N2O4Si. The molecule has 0 amide bonds. The van der Waals surface area contributed by atoms with E-state index in [2.05, 4.69) is 31.5 Å². The highest BCUT2D eigenvalue weighted by Gasteiger charge is 2.33. The fraction of sp³-hybridized carbons (Fsp3) is 0.533. The molecule has 2 fully saturated rings. The zero-order chi connectivity index (χ0) is 27.8. The summed E-state index contributed by atoms with van der Waals surface area (Å²) in [5.74, 6) is -1.44. The molecule has 0 unspecified atom stereocenters. The second-order valence-corrected chi connectivity index (χ2v) is 18.3. The Labute approximate surface area is 229 Å². The molecule has 210 valence electrons. The quantitative estimate of drug-likeness (QED) is 0.164. The molecule has 0 N–H and O–H groups in total. The molecule has 3 heterocycles. The topological polar surface area (TPSA) is 62.6 Å². The van der Waals surface area contributed by atoms with Crippen molar-refractivity contribution in [3.05, 3.63) is 53.4 Å². The molecule has 2 aromatic heterocycles. The molecule has 0 radical (unpaired) electrons. The number of ketones is 1. The second kappa shape index (κ2) is 11.1. The highest BCUT2D eigenvalue weighted by Crippen LogP contribution is 2.47. The molecule has 0 bridgehead atoms. The van der Waals surface area contributed by atoms with Gasteiger partial charge in [-0.05, 0) is 60.6 Å². The van der Waals surface area contributed by atoms with Gasteiger partial charge in [0, 0.05) is 45.3 Å². The standard InChI is InChI=1S/C30H38F2N2O4Si/c1-30(17-37-18-30)9-7-22(35)13-20-14-24(31)28(25(32)15-20)38-26-8-10-33-29-27(26)23(21-5-6-21)16-34(29)19-36-11-12-39(2,3)4/h8,10,14-16,21H,5-7,9,11-13,17-19H2,1-4H3. The number of halogens is 2. The van der Waals surface area contributed by atoms with Gasteiger partial charge in [0.15, 0.2) is 17.4 Å². The third kappa shape index (κ3) is 6.76. The first-order chi connectivity index (χ1) is 18.5. The van der Waals surface area contributed by atoms with Crippen molar-refractivity contribution in [2.24, 2.45) is 5.41 Å². The predicted molar refractivity (Wildman–Crippen MR) is 149 cm³/mol. The van der Waals surface area contributed by atoms with Crippen molar-refractivity contribution in [3.8, 4) is 11.5 Å². The number of carbonyl (C=O) groups excluding carboxylic acids is 1. The average Bonchev–Trinajstić information content (AvgIpc) is 3.62. The summed E-state index contributed by atoms with van der Waals surface area (Å²) in [4.78, 5) is 17.0. The van der Waals surface area contributed by atoms with Gasteiger partial charge in [-0.15, -0.1) is 0 Å². The van der Waals surface area contributed by atoms with Crippen LogP contribution in [0.15, 0.2) is 30.6 Å². The van der Waals surface area contributed by atoms with Gasteiger partial charge in [0.05, 0.1) is 18.6 Å². The number of ether oxygens (including phenoxy) is 3. The molecule has 1 aliphatic heterocycles. The zero-order valence-electron chi connectivity index (χ0n) is 23.3. The summed E-state index contributed by atoms with van der Waals surface area (Å²) in [6.45, 7) is 11.4. The maximum absolute atomic E-state index is 15.1. The van der Waals surface area contributed by atoms with E-state index in [9.17, 15) is 4.79 Å². The van der Waals surface area contributed by atoms with Gasteiger partial charge < -0.3 is 18.8 Å². The van der Waals surface area contributed by atoms with Crippen LogP contribution in [0.3, 0.4) is 0 Å². The summed E-state index contributed by atoms with van der Waals surface area (Å²) >= 11 is 0. The Hall–Kier alpha value is -2.62. The van der Waals surface area contributed by atoms with E-state index in [0.29, 0.717) is 62.3 Å². The van der Waals surface area contributed by atoms with Crippen LogP contribution in [0.4, 0.5) is 8.78 Å². The summed E-state index contributed by atoms with van der Waals surface area (Å²) in [5.41, 5.74) is 2.07. The Morgan fingerprint density at radius 3 is 2.54 bits per heavy atom. The first-order valence-corrected chi connectivity index (χ1v) is 17.5. The van der Waals surface area contributed by atoms with Gasteiger partial charge >= 0.3 is 0 Å². The first kappa shape index (κ1) is 27.9. The molecule has 1 aliphatic carbocycles. The molecule has 5 rings (SSSR count). The lowest BCUT2D eigenvalue weighted by molar-refractivity contribution is -0.125. The van der Waals surface area contributed by atoms with Crippen LogP contribution in [0, 0.1) is 17.0 Å². The van der Waals surface area contributed by atoms with Crippen molar-refractivity contribution in [1.82, 2.24) is 9.55 Å². The number of hydrogen-bond donors (Lipinski definition) is 0. The van der Waals surface area contributed by atoms with Gasteiger partial charge in [-0.2, -0.15) is 0 Å². The van der Waals surface area contributed by atoms with Crippen LogP contribution in [0.2, 0.25) is 25.7 Å². The Morgan fingerprint density at radius 1 is 1.21 bits per heavy atom. The Bertz CT molecular complexity index is 1340. The highest BCUT2D eigenvalue weighted by atomic mass is 28.3. The van der Waals surface area contributed by atoms with Crippen molar-refractivity contribution in [1.29, 1.82) is 0 Å². The number of nitrogens with zero attached hydrogens (tertiary/aromatic N) is 2. The van der Waals surface area contributed by atoms with E-state index in [4.69, 9.17) is 14.2 Å². The minimum atomic E-state index is -1.20. The fourth-order valence-electron chi connectivity index (χ4n) is 4.92. The summed E-state index contributed by atoms with van der Waals surface area (Å²) in [7, 11) is -1.20. The highest BCUT2D eigenvalue weighted by molar-refractivity contribution is 6.76. The van der Waals surface area contributed by atoms with E-state index in [-0.39, 0.29) is 17.6 Å². The van der Waals surface area contributed by atoms with Crippen LogP contribution in [-0.2, 0) is 27.4 Å². The zero-order valence-corrected chi connectivity index (χ0v) is 24.3. The molecule has 1 saturated carbocycles. The smallest absolute Gasteiger partial charge is 0.198 e. The van der Waals surface area contributed by atoms with Gasteiger partial charge in [-0.3, -0.25) is 4.79 Å². The number of benzene rings is 1. The Morgan fingerprint density at radius 2 is 1.92 bits per heavy atom. The van der Waals surface area contributed by atoms with E-state index >= 15 is 8.78 Å². The Balaban J connectivity index is 1.33. The van der Waals surface area contributed by atoms with Crippen LogP contribution in [-0.4, -0.2) is 43.2 Å². The number of fused-ring (bicyclic) bond motifs is 1. The molecule has 0 atom stereocenters. The van der Waals surface area contributed by atoms with Crippen LogP contribution in [0.5, 0.6) is 11.5 Å². The maximum Gasteiger partial charge on any atom is 0.198 e. The molecule has 39 heavy (non-hydrogen) atoms. The van der Waals surface area contributed by atoms with Gasteiger partial charge in [0.2, 0.25) is 0 Å². The lowest BCUT2D eigenvalue weighted by Crippen LogP contribution is -2.40. The van der Waals surface area contributed by atoms with E-state index in [0.717, 1.165) is 29.8 Å². The summed E-state index contributed by atoms with van der Waals surface area (Å²) in [5, 5.41) is 0.764. The number of aromatic nitrogens is 2. The van der Waals surface area contributed by atoms with Crippen LogP contribution < -0.4 is 4.74 Å². The lowest BCUT2D eigenvalue weighted by atomic mass is 9.82. The maximum atomic E-state index is 15.1. The van der Waals surface area contributed by atoms with E-state index < -0.39 is 25.5 Å². The van der Waals surface area contributed by atoms with Gasteiger partial charge in [-0.1, -0.05) is 26.6 Å². The number of carbonyl (C=O) groups is 1. The van der Waals surface area contributed by atoms with Gasteiger partial charge in [0.25, 0.3) is 0 Å². The third-order valence-electron chi connectivity index (χ3n) is 7.57. The summed E-state index contributed by atoms with van der Waals surface area (Å²) in [6, 6.07) is 5.11. The molecule has 0 spiro atoms. The van der Waals surface area contributed by atoms with E-state index in [1.54, 1.807) is 12.3 Å². The number of rotatable bonds is 13. The Kier molecular flexibility index (Phi) is 7.95. The molecule has 1 saturated heterocycles. The van der Waals surface area contributed by atoms with Gasteiger partial charge in [0.1, 0.15) is 23.9 Å². The minimum absolute atomic E-state index is 0.0169. The van der Waals surface area contributed by atoms with Crippen molar-refractivity contribution in [2.45, 2.75) is 77.4 Å². The van der Waals surface area contributed by atoms with Crippen molar-refractivity contribution >= 4 is 24.9 Å². The summed E-state index contributed by atoms with van der Waals surface area (Å²) < 4.78 is 49.3. The SMILES string of the molecule is CC1(CCC(=O)Cc2cc(F)c(Oc3ccnc4c3c(C3CC3)cn4COCC[Si](C)(C)C)c(F)c2)COC1. The largest absolute Gasteiger partial charge is 0.450 e. The molecular weight excluding hydrogens is 518 g/mol. The van der Waals surface area contributed by atoms with Crippen molar-refractivity contribution < 1.29 is 27.8 Å². The average molecular weight is 557 g/mol. The second-order valence-electron chi connectivity index (χ2n) is 12.7. The number of hydrogen-bond acceptors (Lipinski definition) is 5. The summed E-state index contributed by atoms with van der Waals surface area (Å²) in [6.07, 6.45) is 6.79. The predicted octanol–water partition coefficient (Wildman–Crippen LogP) is 7.22. The normalized spacial score (nSPS) is 16.9. The monoisotopic (exact) mass is 556 g/mol.